The molecule has 1 heterocycles. The third-order valence-electron chi connectivity index (χ3n) is 2.11. The lowest BCUT2D eigenvalue weighted by Crippen LogP contribution is -2.12. The van der Waals surface area contributed by atoms with E-state index >= 15 is 0 Å². The Bertz CT molecular complexity index is 567. The molecule has 3 nitrogen and oxygen atoms in total. The van der Waals surface area contributed by atoms with Crippen molar-refractivity contribution in [3.05, 3.63) is 56.7 Å². The molecule has 6 heteroatoms. The molecule has 0 aliphatic carbocycles. The van der Waals surface area contributed by atoms with E-state index in [2.05, 4.69) is 26.2 Å². The predicted molar refractivity (Wildman–Crippen MR) is 76.4 cm³/mol. The fraction of sp³-hybridized carbons (Fsp3) is 0. The van der Waals surface area contributed by atoms with Crippen molar-refractivity contribution in [3.8, 4) is 0 Å². The lowest BCUT2D eigenvalue weighted by atomic mass is 10.2. The molecule has 2 rings (SSSR count). The fourth-order valence-corrected chi connectivity index (χ4v) is 2.31. The van der Waals surface area contributed by atoms with Gasteiger partial charge in [0.15, 0.2) is 0 Å². The van der Waals surface area contributed by atoms with Crippen molar-refractivity contribution in [1.29, 1.82) is 0 Å². The van der Waals surface area contributed by atoms with Crippen LogP contribution >= 0.6 is 39.1 Å². The van der Waals surface area contributed by atoms with E-state index in [1.807, 2.05) is 0 Å². The number of benzene rings is 1. The number of halogens is 3. The summed E-state index contributed by atoms with van der Waals surface area (Å²) in [6.45, 7) is 0. The third kappa shape index (κ3) is 3.45. The molecule has 0 radical (unpaired) electrons. The molecule has 92 valence electrons. The maximum Gasteiger partial charge on any atom is 0.255 e. The van der Waals surface area contributed by atoms with Gasteiger partial charge in [-0.1, -0.05) is 39.1 Å². The first kappa shape index (κ1) is 13.3. The van der Waals surface area contributed by atoms with Gasteiger partial charge in [-0.15, -0.1) is 0 Å². The highest BCUT2D eigenvalue weighted by atomic mass is 79.9. The van der Waals surface area contributed by atoms with Gasteiger partial charge < -0.3 is 5.32 Å². The van der Waals surface area contributed by atoms with Crippen LogP contribution in [-0.4, -0.2) is 10.9 Å². The molecule has 0 bridgehead atoms. The van der Waals surface area contributed by atoms with Crippen LogP contribution in [0.4, 0.5) is 5.69 Å². The Morgan fingerprint density at radius 2 is 2.00 bits per heavy atom. The number of hydrogen-bond acceptors (Lipinski definition) is 2. The number of pyridine rings is 1. The molecule has 1 aromatic heterocycles. The molecule has 1 N–H and O–H groups in total. The van der Waals surface area contributed by atoms with Gasteiger partial charge in [-0.05, 0) is 30.3 Å². The number of rotatable bonds is 2. The Hall–Kier alpha value is -1.10. The number of nitrogens with zero attached hydrogens (tertiary/aromatic N) is 1. The maximum absolute atomic E-state index is 12.0. The molecule has 0 atom stereocenters. The van der Waals surface area contributed by atoms with Crippen LogP contribution in [0.25, 0.3) is 0 Å². The average molecular weight is 346 g/mol. The quantitative estimate of drug-likeness (QED) is 0.819. The highest BCUT2D eigenvalue weighted by molar-refractivity contribution is 9.10. The van der Waals surface area contributed by atoms with Gasteiger partial charge in [-0.3, -0.25) is 4.79 Å². The van der Waals surface area contributed by atoms with Gasteiger partial charge in [0.05, 0.1) is 11.9 Å². The number of hydrogen-bond donors (Lipinski definition) is 1. The Morgan fingerprint density at radius 1 is 1.22 bits per heavy atom. The molecule has 0 aliphatic rings. The van der Waals surface area contributed by atoms with Crippen molar-refractivity contribution in [2.75, 3.05) is 5.32 Å². The first-order valence-electron chi connectivity index (χ1n) is 4.93. The minimum absolute atomic E-state index is 0.262. The minimum atomic E-state index is -0.262. The summed E-state index contributed by atoms with van der Waals surface area (Å²) in [7, 11) is 0. The van der Waals surface area contributed by atoms with Crippen LogP contribution < -0.4 is 5.32 Å². The lowest BCUT2D eigenvalue weighted by molar-refractivity contribution is 0.102. The Labute approximate surface area is 122 Å². The Balaban J connectivity index is 2.19. The molecular weight excluding hydrogens is 339 g/mol. The van der Waals surface area contributed by atoms with Crippen LogP contribution in [0.3, 0.4) is 0 Å². The first-order chi connectivity index (χ1) is 8.54. The number of carbonyl (C=O) groups is 1. The van der Waals surface area contributed by atoms with Crippen molar-refractivity contribution in [3.63, 3.8) is 0 Å². The number of nitrogens with one attached hydrogen (secondary N) is 1. The zero-order valence-electron chi connectivity index (χ0n) is 8.95. The summed E-state index contributed by atoms with van der Waals surface area (Å²) in [5.74, 6) is -0.262. The molecule has 1 aromatic carbocycles. The van der Waals surface area contributed by atoms with Gasteiger partial charge in [0, 0.05) is 15.1 Å². The van der Waals surface area contributed by atoms with E-state index in [0.29, 0.717) is 21.4 Å². The summed E-state index contributed by atoms with van der Waals surface area (Å²) < 4.78 is 0.745. The van der Waals surface area contributed by atoms with Crippen LogP contribution in [0.5, 0.6) is 0 Å². The molecule has 2 aromatic rings. The number of anilines is 1. The molecule has 0 saturated carbocycles. The van der Waals surface area contributed by atoms with Crippen molar-refractivity contribution < 1.29 is 4.79 Å². The summed E-state index contributed by atoms with van der Waals surface area (Å²) in [5, 5.41) is 3.56. The average Bonchev–Trinajstić information content (AvgIpc) is 2.31. The van der Waals surface area contributed by atoms with E-state index in [1.165, 1.54) is 6.20 Å². The van der Waals surface area contributed by atoms with E-state index < -0.39 is 0 Å². The summed E-state index contributed by atoms with van der Waals surface area (Å²) in [5.41, 5.74) is 1.03. The van der Waals surface area contributed by atoms with Crippen LogP contribution in [0.1, 0.15) is 10.4 Å². The zero-order chi connectivity index (χ0) is 13.1. The second kappa shape index (κ2) is 5.69. The van der Waals surface area contributed by atoms with Gasteiger partial charge in [-0.2, -0.15) is 0 Å². The largest absolute Gasteiger partial charge is 0.321 e. The van der Waals surface area contributed by atoms with Gasteiger partial charge in [0.1, 0.15) is 5.15 Å². The number of amides is 1. The summed E-state index contributed by atoms with van der Waals surface area (Å²) in [6.07, 6.45) is 1.49. The molecule has 0 fully saturated rings. The summed E-state index contributed by atoms with van der Waals surface area (Å²) in [4.78, 5) is 15.8. The van der Waals surface area contributed by atoms with E-state index in [1.54, 1.807) is 30.3 Å². The summed E-state index contributed by atoms with van der Waals surface area (Å²) >= 11 is 14.8. The lowest BCUT2D eigenvalue weighted by Gasteiger charge is -2.05. The van der Waals surface area contributed by atoms with Crippen molar-refractivity contribution >= 4 is 50.7 Å². The van der Waals surface area contributed by atoms with E-state index in [0.717, 1.165) is 4.47 Å². The normalized spacial score (nSPS) is 10.2. The van der Waals surface area contributed by atoms with Crippen LogP contribution in [0, 0.1) is 0 Å². The smallest absolute Gasteiger partial charge is 0.255 e. The van der Waals surface area contributed by atoms with E-state index in [4.69, 9.17) is 23.2 Å². The Morgan fingerprint density at radius 3 is 2.61 bits per heavy atom. The molecule has 0 saturated heterocycles. The third-order valence-corrected chi connectivity index (χ3v) is 3.01. The van der Waals surface area contributed by atoms with E-state index in [9.17, 15) is 4.79 Å². The molecule has 1 amide bonds. The molecule has 0 spiro atoms. The highest BCUT2D eigenvalue weighted by Crippen LogP contribution is 2.20. The highest BCUT2D eigenvalue weighted by Gasteiger charge is 2.08. The monoisotopic (exact) mass is 344 g/mol. The summed E-state index contributed by atoms with van der Waals surface area (Å²) in [6, 6.07) is 8.26. The topological polar surface area (TPSA) is 42.0 Å². The van der Waals surface area contributed by atoms with Gasteiger partial charge in [0.2, 0.25) is 0 Å². The SMILES string of the molecule is O=C(Nc1ccc(Cl)nc1)c1cc(Cl)cc(Br)c1. The molecule has 0 unspecified atom stereocenters. The van der Waals surface area contributed by atoms with Gasteiger partial charge in [0.25, 0.3) is 5.91 Å². The molecular formula is C12H7BrCl2N2O. The first-order valence-corrected chi connectivity index (χ1v) is 6.48. The zero-order valence-corrected chi connectivity index (χ0v) is 12.1. The number of carbonyl (C=O) groups excluding carboxylic acids is 1. The molecule has 0 aliphatic heterocycles. The standard InChI is InChI=1S/C12H7BrCl2N2O/c13-8-3-7(4-9(14)5-8)12(18)17-10-1-2-11(15)16-6-10/h1-6H,(H,17,18). The van der Waals surface area contributed by atoms with Gasteiger partial charge >= 0.3 is 0 Å². The van der Waals surface area contributed by atoms with Crippen LogP contribution in [0.15, 0.2) is 41.0 Å². The fourth-order valence-electron chi connectivity index (χ4n) is 1.34. The minimum Gasteiger partial charge on any atom is -0.321 e. The second-order valence-corrected chi connectivity index (χ2v) is 5.22. The van der Waals surface area contributed by atoms with Crippen molar-refractivity contribution in [1.82, 2.24) is 4.98 Å². The van der Waals surface area contributed by atoms with E-state index in [-0.39, 0.29) is 5.91 Å². The predicted octanol–water partition coefficient (Wildman–Crippen LogP) is 4.40. The van der Waals surface area contributed by atoms with Crippen LogP contribution in [-0.2, 0) is 0 Å². The number of aromatic nitrogens is 1. The second-order valence-electron chi connectivity index (χ2n) is 3.48. The van der Waals surface area contributed by atoms with Crippen LogP contribution in [0.2, 0.25) is 10.2 Å². The van der Waals surface area contributed by atoms with Crippen molar-refractivity contribution in [2.45, 2.75) is 0 Å². The Kier molecular flexibility index (Phi) is 4.22. The maximum atomic E-state index is 12.0. The molecule has 18 heavy (non-hydrogen) atoms. The van der Waals surface area contributed by atoms with Crippen molar-refractivity contribution in [2.24, 2.45) is 0 Å². The van der Waals surface area contributed by atoms with Gasteiger partial charge in [-0.25, -0.2) is 4.98 Å².